The fourth-order valence-corrected chi connectivity index (χ4v) is 4.94. The van der Waals surface area contributed by atoms with Crippen molar-refractivity contribution in [2.75, 3.05) is 13.2 Å². The molecule has 1 fully saturated rings. The monoisotopic (exact) mass is 438 g/mol. The maximum atomic E-state index is 6.33. The van der Waals surface area contributed by atoms with Crippen LogP contribution in [0.2, 0.25) is 0 Å². The van der Waals surface area contributed by atoms with E-state index in [1.54, 1.807) is 0 Å². The Balaban J connectivity index is 2.09. The first-order chi connectivity index (χ1) is 15.3. The van der Waals surface area contributed by atoms with Crippen LogP contribution in [0.3, 0.4) is 0 Å². The van der Waals surface area contributed by atoms with Gasteiger partial charge < -0.3 is 9.47 Å². The Morgan fingerprint density at radius 2 is 0.710 bits per heavy atom. The molecule has 0 atom stereocenters. The largest absolute Gasteiger partial charge is 0.350 e. The molecule has 0 aliphatic carbocycles. The van der Waals surface area contributed by atoms with Gasteiger partial charge in [-0.2, -0.15) is 0 Å². The van der Waals surface area contributed by atoms with Gasteiger partial charge in [-0.25, -0.2) is 0 Å². The average molecular weight is 439 g/mol. The SMILES string of the molecule is CCCCCCCCCCCCC1(CCCCCCCCCCCC)OCCCCO1. The summed E-state index contributed by atoms with van der Waals surface area (Å²) in [6.45, 7) is 6.39. The third-order valence-electron chi connectivity index (χ3n) is 7.09. The lowest BCUT2D eigenvalue weighted by Gasteiger charge is -2.32. The number of unbranched alkanes of at least 4 members (excludes halogenated alkanes) is 18. The molecule has 0 unspecified atom stereocenters. The lowest BCUT2D eigenvalue weighted by atomic mass is 9.98. The van der Waals surface area contributed by atoms with Gasteiger partial charge in [0.15, 0.2) is 5.79 Å². The molecule has 31 heavy (non-hydrogen) atoms. The van der Waals surface area contributed by atoms with Crippen molar-refractivity contribution < 1.29 is 9.47 Å². The zero-order valence-electron chi connectivity index (χ0n) is 21.7. The van der Waals surface area contributed by atoms with Gasteiger partial charge >= 0.3 is 0 Å². The number of hydrogen-bond acceptors (Lipinski definition) is 2. The van der Waals surface area contributed by atoms with Gasteiger partial charge in [-0.3, -0.25) is 0 Å². The lowest BCUT2D eigenvalue weighted by molar-refractivity contribution is -0.234. The van der Waals surface area contributed by atoms with Crippen LogP contribution in [0.25, 0.3) is 0 Å². The van der Waals surface area contributed by atoms with Crippen molar-refractivity contribution in [2.24, 2.45) is 0 Å². The molecular formula is C29H58O2. The highest BCUT2D eigenvalue weighted by Crippen LogP contribution is 2.31. The molecule has 0 amide bonds. The summed E-state index contributed by atoms with van der Waals surface area (Å²) in [7, 11) is 0. The van der Waals surface area contributed by atoms with Gasteiger partial charge in [0.2, 0.25) is 0 Å². The summed E-state index contributed by atoms with van der Waals surface area (Å²) in [5.74, 6) is -0.253. The summed E-state index contributed by atoms with van der Waals surface area (Å²) in [6, 6.07) is 0. The van der Waals surface area contributed by atoms with Gasteiger partial charge in [-0.15, -0.1) is 0 Å². The van der Waals surface area contributed by atoms with Crippen LogP contribution in [0, 0.1) is 0 Å². The maximum absolute atomic E-state index is 6.33. The highest BCUT2D eigenvalue weighted by atomic mass is 16.7. The Morgan fingerprint density at radius 1 is 0.419 bits per heavy atom. The van der Waals surface area contributed by atoms with E-state index < -0.39 is 0 Å². The van der Waals surface area contributed by atoms with Crippen molar-refractivity contribution in [3.63, 3.8) is 0 Å². The number of rotatable bonds is 22. The van der Waals surface area contributed by atoms with E-state index in [9.17, 15) is 0 Å². The first kappa shape index (κ1) is 29.0. The van der Waals surface area contributed by atoms with Crippen molar-refractivity contribution in [3.05, 3.63) is 0 Å². The van der Waals surface area contributed by atoms with E-state index in [0.29, 0.717) is 0 Å². The van der Waals surface area contributed by atoms with Crippen LogP contribution in [-0.2, 0) is 9.47 Å². The standard InChI is InChI=1S/C29H58O2/c1-3-5-7-9-11-13-15-17-19-21-25-29(30-27-23-24-28-31-29)26-22-20-18-16-14-12-10-8-6-4-2/h3-28H2,1-2H3. The third kappa shape index (κ3) is 17.1. The molecule has 1 saturated heterocycles. The van der Waals surface area contributed by atoms with Crippen LogP contribution < -0.4 is 0 Å². The summed E-state index contributed by atoms with van der Waals surface area (Å²) in [5.41, 5.74) is 0. The molecule has 0 aromatic heterocycles. The van der Waals surface area contributed by atoms with Crippen LogP contribution in [0.1, 0.15) is 168 Å². The van der Waals surface area contributed by atoms with Crippen molar-refractivity contribution >= 4 is 0 Å². The molecule has 0 saturated carbocycles. The van der Waals surface area contributed by atoms with Crippen molar-refractivity contribution in [2.45, 2.75) is 174 Å². The molecular weight excluding hydrogens is 380 g/mol. The Hall–Kier alpha value is -0.0800. The highest BCUT2D eigenvalue weighted by molar-refractivity contribution is 4.73. The Morgan fingerprint density at radius 3 is 1.03 bits per heavy atom. The molecule has 0 aromatic carbocycles. The van der Waals surface area contributed by atoms with Crippen LogP contribution in [0.5, 0.6) is 0 Å². The summed E-state index contributed by atoms with van der Waals surface area (Å²) in [4.78, 5) is 0. The summed E-state index contributed by atoms with van der Waals surface area (Å²) in [5, 5.41) is 0. The topological polar surface area (TPSA) is 18.5 Å². The number of hydrogen-bond donors (Lipinski definition) is 0. The fraction of sp³-hybridized carbons (Fsp3) is 1.00. The van der Waals surface area contributed by atoms with E-state index >= 15 is 0 Å². The van der Waals surface area contributed by atoms with E-state index in [1.807, 2.05) is 0 Å². The van der Waals surface area contributed by atoms with E-state index in [-0.39, 0.29) is 5.79 Å². The van der Waals surface area contributed by atoms with Gasteiger partial charge in [0.05, 0.1) is 13.2 Å². The summed E-state index contributed by atoms with van der Waals surface area (Å²) < 4.78 is 12.7. The zero-order chi connectivity index (χ0) is 22.3. The van der Waals surface area contributed by atoms with Crippen LogP contribution in [0.15, 0.2) is 0 Å². The molecule has 1 aliphatic rings. The Bertz CT molecular complexity index is 321. The molecule has 0 aromatic rings. The highest BCUT2D eigenvalue weighted by Gasteiger charge is 2.32. The lowest BCUT2D eigenvalue weighted by Crippen LogP contribution is -2.35. The molecule has 1 aliphatic heterocycles. The van der Waals surface area contributed by atoms with Crippen LogP contribution >= 0.6 is 0 Å². The minimum Gasteiger partial charge on any atom is -0.350 e. The maximum Gasteiger partial charge on any atom is 0.168 e. The predicted octanol–water partition coefficient (Wildman–Crippen LogP) is 10.1. The van der Waals surface area contributed by atoms with Crippen LogP contribution in [0.4, 0.5) is 0 Å². The molecule has 1 rings (SSSR count). The fourth-order valence-electron chi connectivity index (χ4n) is 4.94. The van der Waals surface area contributed by atoms with Crippen molar-refractivity contribution in [3.8, 4) is 0 Å². The summed E-state index contributed by atoms with van der Waals surface area (Å²) in [6.07, 6.45) is 32.4. The first-order valence-electron chi connectivity index (χ1n) is 14.6. The molecule has 1 heterocycles. The summed E-state index contributed by atoms with van der Waals surface area (Å²) >= 11 is 0. The molecule has 2 nitrogen and oxygen atoms in total. The predicted molar refractivity (Wildman–Crippen MR) is 137 cm³/mol. The van der Waals surface area contributed by atoms with E-state index in [2.05, 4.69) is 13.8 Å². The second-order valence-electron chi connectivity index (χ2n) is 10.2. The molecule has 0 radical (unpaired) electrons. The second-order valence-corrected chi connectivity index (χ2v) is 10.2. The average Bonchev–Trinajstić information content (AvgIpc) is 3.02. The van der Waals surface area contributed by atoms with E-state index in [4.69, 9.17) is 9.47 Å². The van der Waals surface area contributed by atoms with Crippen molar-refractivity contribution in [1.82, 2.24) is 0 Å². The van der Waals surface area contributed by atoms with Gasteiger partial charge in [-0.1, -0.05) is 129 Å². The first-order valence-corrected chi connectivity index (χ1v) is 14.6. The number of ether oxygens (including phenoxy) is 2. The van der Waals surface area contributed by atoms with Gasteiger partial charge in [0, 0.05) is 12.8 Å². The van der Waals surface area contributed by atoms with Gasteiger partial charge in [0.25, 0.3) is 0 Å². The Kier molecular flexibility index (Phi) is 20.3. The Labute approximate surface area is 196 Å². The second kappa shape index (κ2) is 21.7. The molecule has 186 valence electrons. The molecule has 2 heteroatoms. The van der Waals surface area contributed by atoms with Gasteiger partial charge in [-0.05, 0) is 25.7 Å². The minimum absolute atomic E-state index is 0.253. The van der Waals surface area contributed by atoms with E-state index in [0.717, 1.165) is 38.9 Å². The smallest absolute Gasteiger partial charge is 0.168 e. The molecule has 0 bridgehead atoms. The molecule has 0 N–H and O–H groups in total. The zero-order valence-corrected chi connectivity index (χ0v) is 21.7. The third-order valence-corrected chi connectivity index (χ3v) is 7.09. The molecule has 0 spiro atoms. The quantitative estimate of drug-likeness (QED) is 0.156. The van der Waals surface area contributed by atoms with Crippen molar-refractivity contribution in [1.29, 1.82) is 0 Å². The minimum atomic E-state index is -0.253. The van der Waals surface area contributed by atoms with Crippen LogP contribution in [-0.4, -0.2) is 19.0 Å². The normalized spacial score (nSPS) is 16.5. The van der Waals surface area contributed by atoms with E-state index in [1.165, 1.54) is 128 Å². The van der Waals surface area contributed by atoms with Gasteiger partial charge in [0.1, 0.15) is 0 Å².